The number of carbonyl (C=O) groups excluding carboxylic acids is 1. The molecule has 0 saturated carbocycles. The molecule has 0 aliphatic rings. The Morgan fingerprint density at radius 2 is 1.96 bits per heavy atom. The molecule has 23 heavy (non-hydrogen) atoms. The van der Waals surface area contributed by atoms with Crippen LogP contribution in [0.25, 0.3) is 0 Å². The van der Waals surface area contributed by atoms with Gasteiger partial charge in [0, 0.05) is 22.8 Å². The van der Waals surface area contributed by atoms with Crippen molar-refractivity contribution in [1.82, 2.24) is 0 Å². The highest BCUT2D eigenvalue weighted by atomic mass is 35.5. The van der Waals surface area contributed by atoms with Gasteiger partial charge in [-0.15, -0.1) is 0 Å². The number of nitrogens with one attached hydrogen (secondary N) is 1. The van der Waals surface area contributed by atoms with Crippen LogP contribution in [-0.4, -0.2) is 17.4 Å². The van der Waals surface area contributed by atoms with Gasteiger partial charge in [0.05, 0.1) is 4.92 Å². The zero-order valence-corrected chi connectivity index (χ0v) is 13.4. The monoisotopic (exact) mass is 334 g/mol. The van der Waals surface area contributed by atoms with Crippen molar-refractivity contribution in [3.63, 3.8) is 0 Å². The number of rotatable bonds is 5. The molecule has 0 bridgehead atoms. The largest absolute Gasteiger partial charge is 0.483 e. The number of non-ortho nitro benzene ring substituents is 1. The minimum atomic E-state index is -0.481. The van der Waals surface area contributed by atoms with Crippen molar-refractivity contribution >= 4 is 28.9 Å². The fourth-order valence-electron chi connectivity index (χ4n) is 1.97. The predicted octanol–water partition coefficient (Wildman–Crippen LogP) is 3.88. The van der Waals surface area contributed by atoms with E-state index in [1.54, 1.807) is 25.1 Å². The highest BCUT2D eigenvalue weighted by molar-refractivity contribution is 6.31. The van der Waals surface area contributed by atoms with Gasteiger partial charge < -0.3 is 10.1 Å². The highest BCUT2D eigenvalue weighted by Gasteiger charge is 2.11. The van der Waals surface area contributed by atoms with Crippen molar-refractivity contribution in [2.24, 2.45) is 0 Å². The molecule has 1 N–H and O–H groups in total. The van der Waals surface area contributed by atoms with Crippen LogP contribution in [0.4, 0.5) is 11.4 Å². The van der Waals surface area contributed by atoms with Crippen molar-refractivity contribution in [3.05, 3.63) is 62.7 Å². The Hall–Kier alpha value is -2.60. The van der Waals surface area contributed by atoms with Crippen molar-refractivity contribution in [2.45, 2.75) is 13.8 Å². The molecule has 0 atom stereocenters. The van der Waals surface area contributed by atoms with E-state index < -0.39 is 4.92 Å². The maximum atomic E-state index is 11.9. The lowest BCUT2D eigenvalue weighted by atomic mass is 10.2. The molecule has 2 aromatic carbocycles. The Morgan fingerprint density at radius 3 is 2.61 bits per heavy atom. The van der Waals surface area contributed by atoms with Gasteiger partial charge in [-0.25, -0.2) is 0 Å². The Balaban J connectivity index is 1.99. The van der Waals surface area contributed by atoms with Gasteiger partial charge >= 0.3 is 0 Å². The molecule has 0 heterocycles. The molecule has 0 fully saturated rings. The SMILES string of the molecule is Cc1ccc(Cl)cc1NC(=O)COc1ccc([N+](=O)[O-])cc1C. The van der Waals surface area contributed by atoms with Gasteiger partial charge in [-0.1, -0.05) is 17.7 Å². The second kappa shape index (κ2) is 7.11. The molecule has 0 aliphatic carbocycles. The molecule has 120 valence electrons. The van der Waals surface area contributed by atoms with E-state index in [4.69, 9.17) is 16.3 Å². The predicted molar refractivity (Wildman–Crippen MR) is 88.1 cm³/mol. The second-order valence-electron chi connectivity index (χ2n) is 5.00. The van der Waals surface area contributed by atoms with E-state index in [0.717, 1.165) is 5.56 Å². The minimum Gasteiger partial charge on any atom is -0.483 e. The molecule has 0 saturated heterocycles. The first-order valence-electron chi connectivity index (χ1n) is 6.80. The molecule has 0 unspecified atom stereocenters. The molecular formula is C16H15ClN2O4. The third-order valence-electron chi connectivity index (χ3n) is 3.20. The lowest BCUT2D eigenvalue weighted by molar-refractivity contribution is -0.384. The molecule has 0 radical (unpaired) electrons. The van der Waals surface area contributed by atoms with E-state index >= 15 is 0 Å². The Kier molecular flexibility index (Phi) is 5.18. The number of ether oxygens (including phenoxy) is 1. The summed E-state index contributed by atoms with van der Waals surface area (Å²) in [6, 6.07) is 9.41. The lowest BCUT2D eigenvalue weighted by Gasteiger charge is -2.11. The molecule has 7 heteroatoms. The Morgan fingerprint density at radius 1 is 1.22 bits per heavy atom. The number of nitrogens with zero attached hydrogens (tertiary/aromatic N) is 1. The van der Waals surface area contributed by atoms with E-state index in [1.807, 2.05) is 6.92 Å². The lowest BCUT2D eigenvalue weighted by Crippen LogP contribution is -2.20. The molecule has 1 amide bonds. The van der Waals surface area contributed by atoms with Crippen LogP contribution in [-0.2, 0) is 4.79 Å². The third kappa shape index (κ3) is 4.43. The molecule has 0 aliphatic heterocycles. The summed E-state index contributed by atoms with van der Waals surface area (Å²) in [5, 5.41) is 13.9. The van der Waals surface area contributed by atoms with Crippen LogP contribution >= 0.6 is 11.6 Å². The van der Waals surface area contributed by atoms with Gasteiger partial charge in [-0.05, 0) is 43.2 Å². The van der Waals surface area contributed by atoms with Gasteiger partial charge in [0.25, 0.3) is 11.6 Å². The standard InChI is InChI=1S/C16H15ClN2O4/c1-10-3-4-12(17)8-14(10)18-16(20)9-23-15-6-5-13(19(21)22)7-11(15)2/h3-8H,9H2,1-2H3,(H,18,20). The average Bonchev–Trinajstić information content (AvgIpc) is 2.49. The number of hydrogen-bond donors (Lipinski definition) is 1. The van der Waals surface area contributed by atoms with Crippen LogP contribution < -0.4 is 10.1 Å². The summed E-state index contributed by atoms with van der Waals surface area (Å²) in [4.78, 5) is 22.2. The minimum absolute atomic E-state index is 0.0196. The average molecular weight is 335 g/mol. The topological polar surface area (TPSA) is 81.5 Å². The zero-order chi connectivity index (χ0) is 17.0. The van der Waals surface area contributed by atoms with Crippen LogP contribution in [0.5, 0.6) is 5.75 Å². The van der Waals surface area contributed by atoms with Crippen LogP contribution in [0.15, 0.2) is 36.4 Å². The number of amides is 1. The highest BCUT2D eigenvalue weighted by Crippen LogP contribution is 2.23. The van der Waals surface area contributed by atoms with Crippen LogP contribution in [0.3, 0.4) is 0 Å². The zero-order valence-electron chi connectivity index (χ0n) is 12.6. The molecular weight excluding hydrogens is 320 g/mol. The van der Waals surface area contributed by atoms with Crippen LogP contribution in [0.2, 0.25) is 5.02 Å². The van der Waals surface area contributed by atoms with Gasteiger partial charge in [0.1, 0.15) is 5.75 Å². The maximum absolute atomic E-state index is 11.9. The van der Waals surface area contributed by atoms with Crippen LogP contribution in [0.1, 0.15) is 11.1 Å². The summed E-state index contributed by atoms with van der Waals surface area (Å²) < 4.78 is 5.41. The number of carbonyl (C=O) groups is 1. The summed E-state index contributed by atoms with van der Waals surface area (Å²) >= 11 is 5.90. The number of benzene rings is 2. The van der Waals surface area contributed by atoms with Crippen molar-refractivity contribution in [2.75, 3.05) is 11.9 Å². The van der Waals surface area contributed by atoms with E-state index in [-0.39, 0.29) is 18.2 Å². The Labute approximate surface area is 138 Å². The van der Waals surface area contributed by atoms with E-state index in [1.165, 1.54) is 18.2 Å². The van der Waals surface area contributed by atoms with E-state index in [9.17, 15) is 14.9 Å². The number of halogens is 1. The first-order valence-corrected chi connectivity index (χ1v) is 7.18. The quantitative estimate of drug-likeness (QED) is 0.664. The van der Waals surface area contributed by atoms with Gasteiger partial charge in [-0.3, -0.25) is 14.9 Å². The fraction of sp³-hybridized carbons (Fsp3) is 0.188. The Bertz CT molecular complexity index is 762. The molecule has 0 aromatic heterocycles. The summed E-state index contributed by atoms with van der Waals surface area (Å²) in [5.41, 5.74) is 2.07. The second-order valence-corrected chi connectivity index (χ2v) is 5.44. The first-order chi connectivity index (χ1) is 10.9. The van der Waals surface area contributed by atoms with Crippen molar-refractivity contribution in [1.29, 1.82) is 0 Å². The van der Waals surface area contributed by atoms with Gasteiger partial charge in [0.15, 0.2) is 6.61 Å². The maximum Gasteiger partial charge on any atom is 0.269 e. The van der Waals surface area contributed by atoms with Crippen molar-refractivity contribution < 1.29 is 14.5 Å². The first kappa shape index (κ1) is 16.8. The molecule has 6 nitrogen and oxygen atoms in total. The summed E-state index contributed by atoms with van der Waals surface area (Å²) in [6.07, 6.45) is 0. The third-order valence-corrected chi connectivity index (χ3v) is 3.44. The number of aryl methyl sites for hydroxylation is 2. The van der Waals surface area contributed by atoms with E-state index in [0.29, 0.717) is 22.0 Å². The number of hydrogen-bond acceptors (Lipinski definition) is 4. The summed E-state index contributed by atoms with van der Waals surface area (Å²) in [7, 11) is 0. The molecule has 0 spiro atoms. The number of nitro benzene ring substituents is 1. The summed E-state index contributed by atoms with van der Waals surface area (Å²) in [6.45, 7) is 3.33. The normalized spacial score (nSPS) is 10.2. The van der Waals surface area contributed by atoms with E-state index in [2.05, 4.69) is 5.32 Å². The van der Waals surface area contributed by atoms with Crippen molar-refractivity contribution in [3.8, 4) is 5.75 Å². The van der Waals surface area contributed by atoms with Crippen LogP contribution in [0, 0.1) is 24.0 Å². The fourth-order valence-corrected chi connectivity index (χ4v) is 2.14. The van der Waals surface area contributed by atoms with Gasteiger partial charge in [-0.2, -0.15) is 0 Å². The number of nitro groups is 1. The summed E-state index contributed by atoms with van der Waals surface area (Å²) in [5.74, 6) is 0.0849. The molecule has 2 rings (SSSR count). The van der Waals surface area contributed by atoms with Gasteiger partial charge in [0.2, 0.25) is 0 Å². The smallest absolute Gasteiger partial charge is 0.269 e. The molecule has 2 aromatic rings. The number of anilines is 1.